The third kappa shape index (κ3) is 1.60. The molecule has 2 nitrogen and oxygen atoms in total. The van der Waals surface area contributed by atoms with Crippen LogP contribution < -0.4 is 0 Å². The number of isocyanates is 1. The van der Waals surface area contributed by atoms with E-state index in [1.54, 1.807) is 0 Å². The predicted molar refractivity (Wildman–Crippen MR) is 38.8 cm³/mol. The summed E-state index contributed by atoms with van der Waals surface area (Å²) in [5.41, 5.74) is -1.13. The zero-order valence-electron chi connectivity index (χ0n) is 6.57. The number of carbonyl (C=O) groups excluding carboxylic acids is 1. The van der Waals surface area contributed by atoms with Gasteiger partial charge in [-0.05, 0) is 6.92 Å². The van der Waals surface area contributed by atoms with Gasteiger partial charge in [0.05, 0.1) is 0 Å². The van der Waals surface area contributed by atoms with E-state index in [2.05, 4.69) is 4.99 Å². The first kappa shape index (κ1) is 9.48. The highest BCUT2D eigenvalue weighted by molar-refractivity contribution is 5.50. The van der Waals surface area contributed by atoms with E-state index in [0.717, 1.165) is 13.0 Å². The molecule has 0 aliphatic heterocycles. The molecule has 0 radical (unpaired) electrons. The first-order chi connectivity index (χ1) is 6.07. The van der Waals surface area contributed by atoms with Gasteiger partial charge >= 0.3 is 0 Å². The summed E-state index contributed by atoms with van der Waals surface area (Å²) < 4.78 is 38.3. The average Bonchev–Trinajstić information content (AvgIpc) is 2.11. The Kier molecular flexibility index (Phi) is 2.49. The van der Waals surface area contributed by atoms with E-state index in [9.17, 15) is 18.0 Å². The highest BCUT2D eigenvalue weighted by atomic mass is 19.2. The number of nitrogens with zero attached hydrogens (tertiary/aromatic N) is 1. The van der Waals surface area contributed by atoms with Crippen molar-refractivity contribution in [2.45, 2.75) is 6.92 Å². The van der Waals surface area contributed by atoms with Crippen LogP contribution in [-0.2, 0) is 4.79 Å². The minimum atomic E-state index is -1.35. The summed E-state index contributed by atoms with van der Waals surface area (Å²) in [6.45, 7) is 1.09. The summed E-state index contributed by atoms with van der Waals surface area (Å²) in [5, 5.41) is 0. The van der Waals surface area contributed by atoms with Crippen LogP contribution in [0, 0.1) is 24.4 Å². The van der Waals surface area contributed by atoms with Gasteiger partial charge < -0.3 is 0 Å². The van der Waals surface area contributed by atoms with Crippen LogP contribution >= 0.6 is 0 Å². The van der Waals surface area contributed by atoms with Crippen molar-refractivity contribution in [1.29, 1.82) is 0 Å². The molecule has 0 spiro atoms. The Bertz CT molecular complexity index is 397. The van der Waals surface area contributed by atoms with Gasteiger partial charge in [0.1, 0.15) is 11.5 Å². The molecule has 0 atom stereocenters. The third-order valence-corrected chi connectivity index (χ3v) is 1.53. The van der Waals surface area contributed by atoms with Crippen molar-refractivity contribution in [3.8, 4) is 0 Å². The molecular weight excluding hydrogens is 183 g/mol. The van der Waals surface area contributed by atoms with E-state index < -0.39 is 28.7 Å². The van der Waals surface area contributed by atoms with Gasteiger partial charge in [-0.3, -0.25) is 0 Å². The third-order valence-electron chi connectivity index (χ3n) is 1.53. The van der Waals surface area contributed by atoms with E-state index in [1.807, 2.05) is 0 Å². The lowest BCUT2D eigenvalue weighted by Crippen LogP contribution is -1.93. The van der Waals surface area contributed by atoms with Crippen molar-refractivity contribution in [1.82, 2.24) is 0 Å². The molecule has 0 aliphatic carbocycles. The van der Waals surface area contributed by atoms with Gasteiger partial charge in [-0.25, -0.2) is 18.0 Å². The summed E-state index contributed by atoms with van der Waals surface area (Å²) in [5.74, 6) is -3.64. The molecule has 1 rings (SSSR count). The second-order valence-electron chi connectivity index (χ2n) is 2.33. The van der Waals surface area contributed by atoms with E-state index >= 15 is 0 Å². The number of benzene rings is 1. The molecule has 13 heavy (non-hydrogen) atoms. The molecule has 1 aromatic rings. The van der Waals surface area contributed by atoms with Gasteiger partial charge in [-0.2, -0.15) is 4.99 Å². The second kappa shape index (κ2) is 3.41. The first-order valence-electron chi connectivity index (χ1n) is 3.30. The van der Waals surface area contributed by atoms with Crippen LogP contribution in [0.15, 0.2) is 11.1 Å². The van der Waals surface area contributed by atoms with Gasteiger partial charge in [0.15, 0.2) is 11.6 Å². The molecule has 0 unspecified atom stereocenters. The molecule has 0 N–H and O–H groups in total. The molecule has 0 amide bonds. The van der Waals surface area contributed by atoms with E-state index in [1.165, 1.54) is 0 Å². The van der Waals surface area contributed by atoms with Gasteiger partial charge in [-0.15, -0.1) is 0 Å². The van der Waals surface area contributed by atoms with Crippen molar-refractivity contribution < 1.29 is 18.0 Å². The Morgan fingerprint density at radius 3 is 2.46 bits per heavy atom. The first-order valence-corrected chi connectivity index (χ1v) is 3.30. The topological polar surface area (TPSA) is 29.4 Å². The average molecular weight is 187 g/mol. The molecule has 0 aromatic heterocycles. The highest BCUT2D eigenvalue weighted by Crippen LogP contribution is 2.24. The predicted octanol–water partition coefficient (Wildman–Crippen LogP) is 2.38. The van der Waals surface area contributed by atoms with E-state index in [0.29, 0.717) is 6.07 Å². The highest BCUT2D eigenvalue weighted by Gasteiger charge is 2.14. The fourth-order valence-electron chi connectivity index (χ4n) is 0.804. The largest absolute Gasteiger partial charge is 0.240 e. The molecule has 0 saturated heterocycles. The maximum Gasteiger partial charge on any atom is 0.240 e. The van der Waals surface area contributed by atoms with Crippen LogP contribution in [0.4, 0.5) is 18.9 Å². The SMILES string of the molecule is Cc1c(F)cc(N=C=O)c(F)c1F. The standard InChI is InChI=1S/C8H4F3NO/c1-4-5(9)2-6(12-3-13)8(11)7(4)10/h2H,1H3. The van der Waals surface area contributed by atoms with Crippen LogP contribution in [0.1, 0.15) is 5.56 Å². The molecule has 0 saturated carbocycles. The number of hydrogen-bond donors (Lipinski definition) is 0. The smallest absolute Gasteiger partial charge is 0.211 e. The maximum atomic E-state index is 12.8. The number of aliphatic imine (C=N–C) groups is 1. The zero-order chi connectivity index (χ0) is 10.0. The van der Waals surface area contributed by atoms with E-state index in [4.69, 9.17) is 0 Å². The normalized spacial score (nSPS) is 9.54. The summed E-state index contributed by atoms with van der Waals surface area (Å²) in [6.07, 6.45) is 1.00. The molecule has 68 valence electrons. The van der Waals surface area contributed by atoms with E-state index in [-0.39, 0.29) is 0 Å². The fraction of sp³-hybridized carbons (Fsp3) is 0.125. The molecule has 1 aromatic carbocycles. The Morgan fingerprint density at radius 2 is 1.92 bits per heavy atom. The molecule has 0 aliphatic rings. The monoisotopic (exact) mass is 187 g/mol. The van der Waals surface area contributed by atoms with Crippen molar-refractivity contribution >= 4 is 11.8 Å². The molecule has 5 heteroatoms. The second-order valence-corrected chi connectivity index (χ2v) is 2.33. The zero-order valence-corrected chi connectivity index (χ0v) is 6.57. The lowest BCUT2D eigenvalue weighted by Gasteiger charge is -2.01. The Morgan fingerprint density at radius 1 is 1.31 bits per heavy atom. The summed E-state index contributed by atoms with van der Waals surface area (Å²) in [7, 11) is 0. The van der Waals surface area contributed by atoms with Crippen molar-refractivity contribution in [2.75, 3.05) is 0 Å². The van der Waals surface area contributed by atoms with Crippen molar-refractivity contribution in [3.05, 3.63) is 29.1 Å². The molecule has 0 heterocycles. The lowest BCUT2D eigenvalue weighted by atomic mass is 10.2. The Balaban J connectivity index is 3.49. The van der Waals surface area contributed by atoms with Crippen molar-refractivity contribution in [2.24, 2.45) is 4.99 Å². The van der Waals surface area contributed by atoms with Gasteiger partial charge in [0.25, 0.3) is 0 Å². The summed E-state index contributed by atoms with van der Waals surface area (Å²) >= 11 is 0. The van der Waals surface area contributed by atoms with Gasteiger partial charge in [0.2, 0.25) is 6.08 Å². The van der Waals surface area contributed by atoms with Crippen LogP contribution in [0.2, 0.25) is 0 Å². The van der Waals surface area contributed by atoms with Crippen LogP contribution in [0.25, 0.3) is 0 Å². The Hall–Kier alpha value is -1.61. The lowest BCUT2D eigenvalue weighted by molar-refractivity contribution is 0.488. The molecule has 0 fully saturated rings. The molecular formula is C8H4F3NO. The van der Waals surface area contributed by atoms with Gasteiger partial charge in [-0.1, -0.05) is 0 Å². The fourth-order valence-corrected chi connectivity index (χ4v) is 0.804. The van der Waals surface area contributed by atoms with Crippen LogP contribution in [0.3, 0.4) is 0 Å². The number of rotatable bonds is 1. The van der Waals surface area contributed by atoms with Crippen LogP contribution in [-0.4, -0.2) is 6.08 Å². The molecule has 0 bridgehead atoms. The summed E-state index contributed by atoms with van der Waals surface area (Å²) in [4.78, 5) is 12.5. The number of halogens is 3. The minimum absolute atomic E-state index is 0.442. The minimum Gasteiger partial charge on any atom is -0.211 e. The van der Waals surface area contributed by atoms with Crippen molar-refractivity contribution in [3.63, 3.8) is 0 Å². The quantitative estimate of drug-likeness (QED) is 0.377. The Labute approximate surface area is 71.7 Å². The van der Waals surface area contributed by atoms with Gasteiger partial charge in [0, 0.05) is 11.6 Å². The van der Waals surface area contributed by atoms with Crippen LogP contribution in [0.5, 0.6) is 0 Å². The summed E-state index contributed by atoms with van der Waals surface area (Å²) in [6, 6.07) is 0.638. The number of hydrogen-bond acceptors (Lipinski definition) is 2. The maximum absolute atomic E-state index is 12.8.